The van der Waals surface area contributed by atoms with Crippen molar-refractivity contribution < 1.29 is 14.3 Å². The van der Waals surface area contributed by atoms with Gasteiger partial charge in [-0.05, 0) is 48.4 Å². The molecule has 1 unspecified atom stereocenters. The topological polar surface area (TPSA) is 77.4 Å². The van der Waals surface area contributed by atoms with E-state index in [-0.39, 0.29) is 11.1 Å². The molecular formula is C28H30N2O4. The minimum Gasteiger partial charge on any atom is -0.467 e. The molecule has 1 aliphatic carbocycles. The van der Waals surface area contributed by atoms with Crippen molar-refractivity contribution in [2.24, 2.45) is 0 Å². The lowest BCUT2D eigenvalue weighted by molar-refractivity contribution is -0.143. The lowest BCUT2D eigenvalue weighted by Gasteiger charge is -2.22. The molecule has 0 bridgehead atoms. The highest BCUT2D eigenvalue weighted by molar-refractivity contribution is 5.97. The van der Waals surface area contributed by atoms with E-state index in [1.54, 1.807) is 34.9 Å². The van der Waals surface area contributed by atoms with Crippen LogP contribution in [0.15, 0.2) is 71.5 Å². The molecule has 0 fully saturated rings. The van der Waals surface area contributed by atoms with Crippen LogP contribution in [0, 0.1) is 0 Å². The summed E-state index contributed by atoms with van der Waals surface area (Å²) in [4.78, 5) is 39.5. The Morgan fingerprint density at radius 1 is 0.941 bits per heavy atom. The quantitative estimate of drug-likeness (QED) is 0.562. The number of benzene rings is 2. The molecule has 1 heterocycles. The molecule has 0 radical (unpaired) electrons. The normalized spacial score (nSPS) is 14.3. The first-order valence-corrected chi connectivity index (χ1v) is 11.8. The van der Waals surface area contributed by atoms with Crippen LogP contribution in [0.5, 0.6) is 0 Å². The lowest BCUT2D eigenvalue weighted by Crippen LogP contribution is -2.39. The summed E-state index contributed by atoms with van der Waals surface area (Å²) >= 11 is 0. The Labute approximate surface area is 199 Å². The van der Waals surface area contributed by atoms with Gasteiger partial charge in [-0.15, -0.1) is 0 Å². The first kappa shape index (κ1) is 23.5. The highest BCUT2D eigenvalue weighted by Crippen LogP contribution is 2.22. The first-order chi connectivity index (χ1) is 16.6. The van der Waals surface area contributed by atoms with Crippen molar-refractivity contribution in [2.45, 2.75) is 51.1 Å². The van der Waals surface area contributed by atoms with E-state index in [0.29, 0.717) is 12.1 Å². The third-order valence-corrected chi connectivity index (χ3v) is 6.37. The molecule has 176 valence electrons. The van der Waals surface area contributed by atoms with E-state index in [4.69, 9.17) is 4.74 Å². The standard InChI is InChI=1S/C28H30N2O4/c1-34-28(33)25(21-14-9-5-10-15-21)29-26(31)23-18-22-16-8-2-3-11-17-24(22)30(27(23)32)19-20-12-6-4-7-13-20/h4-7,9-10,12-15,18,25H,2-3,8,11,16-17,19H2,1H3,(H,29,31). The number of hydrogen-bond donors (Lipinski definition) is 1. The van der Waals surface area contributed by atoms with E-state index in [1.165, 1.54) is 7.11 Å². The Morgan fingerprint density at radius 3 is 2.26 bits per heavy atom. The number of nitrogens with zero attached hydrogens (tertiary/aromatic N) is 1. The Kier molecular flexibility index (Phi) is 7.58. The largest absolute Gasteiger partial charge is 0.467 e. The second-order valence-electron chi connectivity index (χ2n) is 8.66. The van der Waals surface area contributed by atoms with Gasteiger partial charge in [0.2, 0.25) is 0 Å². The van der Waals surface area contributed by atoms with Crippen LogP contribution in [0.25, 0.3) is 0 Å². The summed E-state index contributed by atoms with van der Waals surface area (Å²) < 4.78 is 6.67. The van der Waals surface area contributed by atoms with Gasteiger partial charge in [-0.1, -0.05) is 73.5 Å². The maximum atomic E-state index is 13.6. The van der Waals surface area contributed by atoms with Crippen LogP contribution in [0.2, 0.25) is 0 Å². The number of fused-ring (bicyclic) bond motifs is 1. The average molecular weight is 459 g/mol. The monoisotopic (exact) mass is 458 g/mol. The molecule has 1 aliphatic rings. The van der Waals surface area contributed by atoms with E-state index in [1.807, 2.05) is 36.4 Å². The van der Waals surface area contributed by atoms with Gasteiger partial charge in [0.05, 0.1) is 13.7 Å². The maximum absolute atomic E-state index is 13.6. The van der Waals surface area contributed by atoms with Gasteiger partial charge in [-0.25, -0.2) is 4.79 Å². The molecule has 0 saturated heterocycles. The predicted molar refractivity (Wildman–Crippen MR) is 131 cm³/mol. The lowest BCUT2D eigenvalue weighted by atomic mass is 9.95. The van der Waals surface area contributed by atoms with Crippen LogP contribution in [0.4, 0.5) is 0 Å². The van der Waals surface area contributed by atoms with Gasteiger partial charge >= 0.3 is 5.97 Å². The fourth-order valence-electron chi connectivity index (χ4n) is 4.58. The van der Waals surface area contributed by atoms with Crippen LogP contribution in [0.3, 0.4) is 0 Å². The van der Waals surface area contributed by atoms with Gasteiger partial charge in [0, 0.05) is 5.69 Å². The molecule has 6 nitrogen and oxygen atoms in total. The Hall–Kier alpha value is -3.67. The Balaban J connectivity index is 1.75. The second kappa shape index (κ2) is 11.0. The molecular weight excluding hydrogens is 428 g/mol. The number of esters is 1. The minimum absolute atomic E-state index is 0.0556. The van der Waals surface area contributed by atoms with E-state index in [0.717, 1.165) is 55.3 Å². The van der Waals surface area contributed by atoms with Crippen molar-refractivity contribution in [3.05, 3.63) is 105 Å². The molecule has 1 N–H and O–H groups in total. The number of carbonyl (C=O) groups is 2. The SMILES string of the molecule is COC(=O)C(NC(=O)c1cc2c(n(Cc3ccccc3)c1=O)CCCCCC2)c1ccccc1. The number of rotatable bonds is 6. The molecule has 0 aliphatic heterocycles. The predicted octanol–water partition coefficient (Wildman–Crippen LogP) is 4.20. The highest BCUT2D eigenvalue weighted by Gasteiger charge is 2.27. The van der Waals surface area contributed by atoms with Crippen LogP contribution in [-0.2, 0) is 28.9 Å². The number of amides is 1. The molecule has 0 saturated carbocycles. The average Bonchev–Trinajstić information content (AvgIpc) is 2.85. The number of aryl methyl sites for hydroxylation is 1. The van der Waals surface area contributed by atoms with Crippen LogP contribution in [-0.4, -0.2) is 23.6 Å². The summed E-state index contributed by atoms with van der Waals surface area (Å²) in [5, 5.41) is 2.74. The van der Waals surface area contributed by atoms with Gasteiger partial charge in [-0.2, -0.15) is 0 Å². The Morgan fingerprint density at radius 2 is 1.59 bits per heavy atom. The highest BCUT2D eigenvalue weighted by atomic mass is 16.5. The van der Waals surface area contributed by atoms with Crippen LogP contribution in [0.1, 0.15) is 64.5 Å². The molecule has 3 aromatic rings. The van der Waals surface area contributed by atoms with E-state index >= 15 is 0 Å². The number of methoxy groups -OCH3 is 1. The van der Waals surface area contributed by atoms with E-state index < -0.39 is 17.9 Å². The fraction of sp³-hybridized carbons (Fsp3) is 0.321. The first-order valence-electron chi connectivity index (χ1n) is 11.8. The molecule has 1 atom stereocenters. The Bertz CT molecular complexity index is 1200. The molecule has 0 spiro atoms. The third-order valence-electron chi connectivity index (χ3n) is 6.37. The second-order valence-corrected chi connectivity index (χ2v) is 8.66. The number of carbonyl (C=O) groups excluding carboxylic acids is 2. The molecule has 2 aromatic carbocycles. The van der Waals surface area contributed by atoms with E-state index in [2.05, 4.69) is 5.32 Å². The molecule has 6 heteroatoms. The summed E-state index contributed by atoms with van der Waals surface area (Å²) in [5.41, 5.74) is 3.37. The van der Waals surface area contributed by atoms with Gasteiger partial charge in [0.1, 0.15) is 5.56 Å². The number of hydrogen-bond acceptors (Lipinski definition) is 4. The maximum Gasteiger partial charge on any atom is 0.333 e. The number of pyridine rings is 1. The molecule has 4 rings (SSSR count). The van der Waals surface area contributed by atoms with Crippen LogP contribution < -0.4 is 10.9 Å². The zero-order chi connectivity index (χ0) is 23.9. The van der Waals surface area contributed by atoms with Gasteiger partial charge in [-0.3, -0.25) is 9.59 Å². The van der Waals surface area contributed by atoms with Gasteiger partial charge in [0.25, 0.3) is 11.5 Å². The van der Waals surface area contributed by atoms with Crippen molar-refractivity contribution >= 4 is 11.9 Å². The van der Waals surface area contributed by atoms with Crippen molar-refractivity contribution in [3.8, 4) is 0 Å². The number of nitrogens with one attached hydrogen (secondary N) is 1. The van der Waals surface area contributed by atoms with Gasteiger partial charge in [0.15, 0.2) is 6.04 Å². The van der Waals surface area contributed by atoms with Crippen molar-refractivity contribution in [1.82, 2.24) is 9.88 Å². The zero-order valence-corrected chi connectivity index (χ0v) is 19.5. The minimum atomic E-state index is -0.998. The van der Waals surface area contributed by atoms with Crippen LogP contribution >= 0.6 is 0 Å². The third kappa shape index (κ3) is 5.28. The molecule has 1 amide bonds. The van der Waals surface area contributed by atoms with Crippen molar-refractivity contribution in [2.75, 3.05) is 7.11 Å². The van der Waals surface area contributed by atoms with Crippen molar-refractivity contribution in [1.29, 1.82) is 0 Å². The zero-order valence-electron chi connectivity index (χ0n) is 19.5. The molecule has 1 aromatic heterocycles. The number of aromatic nitrogens is 1. The summed E-state index contributed by atoms with van der Waals surface area (Å²) in [5.74, 6) is -1.16. The molecule has 34 heavy (non-hydrogen) atoms. The van der Waals surface area contributed by atoms with Gasteiger partial charge < -0.3 is 14.6 Å². The smallest absolute Gasteiger partial charge is 0.333 e. The summed E-state index contributed by atoms with van der Waals surface area (Å²) in [7, 11) is 1.28. The summed E-state index contributed by atoms with van der Waals surface area (Å²) in [6, 6.07) is 19.4. The summed E-state index contributed by atoms with van der Waals surface area (Å²) in [6.45, 7) is 0.405. The van der Waals surface area contributed by atoms with E-state index in [9.17, 15) is 14.4 Å². The summed E-state index contributed by atoms with van der Waals surface area (Å²) in [6.07, 6.45) is 5.95. The number of ether oxygens (including phenoxy) is 1. The van der Waals surface area contributed by atoms with Crippen molar-refractivity contribution in [3.63, 3.8) is 0 Å². The fourth-order valence-corrected chi connectivity index (χ4v) is 4.58.